The lowest BCUT2D eigenvalue weighted by molar-refractivity contribution is 0.0756. The minimum Gasteiger partial charge on any atom is -0.454 e. The van der Waals surface area contributed by atoms with Crippen LogP contribution in [0.1, 0.15) is 30.8 Å². The number of nitrogens with one attached hydrogen (secondary N) is 2. The number of rotatable bonds is 7. The number of hydrogen-bond donors (Lipinski definition) is 2. The van der Waals surface area contributed by atoms with Gasteiger partial charge >= 0.3 is 0 Å². The van der Waals surface area contributed by atoms with Gasteiger partial charge in [0.05, 0.1) is 11.8 Å². The van der Waals surface area contributed by atoms with E-state index in [2.05, 4.69) is 15.5 Å². The van der Waals surface area contributed by atoms with Crippen molar-refractivity contribution in [1.29, 1.82) is 0 Å². The highest BCUT2D eigenvalue weighted by molar-refractivity contribution is 5.93. The van der Waals surface area contributed by atoms with Gasteiger partial charge in [0.2, 0.25) is 6.79 Å². The second-order valence-electron chi connectivity index (χ2n) is 5.76. The van der Waals surface area contributed by atoms with Crippen molar-refractivity contribution >= 4 is 5.91 Å². The molecule has 0 saturated carbocycles. The minimum absolute atomic E-state index is 0.181. The summed E-state index contributed by atoms with van der Waals surface area (Å²) in [7, 11) is 0. The Balaban J connectivity index is 1.56. The van der Waals surface area contributed by atoms with Gasteiger partial charge in [0.15, 0.2) is 11.5 Å². The molecule has 128 valence electrons. The second kappa shape index (κ2) is 7.35. The van der Waals surface area contributed by atoms with Gasteiger partial charge in [0.25, 0.3) is 5.91 Å². The summed E-state index contributed by atoms with van der Waals surface area (Å²) < 4.78 is 16.1. The average molecular weight is 331 g/mol. The molecule has 1 aromatic carbocycles. The quantitative estimate of drug-likeness (QED) is 0.761. The third-order valence-corrected chi connectivity index (χ3v) is 3.55. The Morgan fingerprint density at radius 1 is 1.33 bits per heavy atom. The van der Waals surface area contributed by atoms with Crippen LogP contribution in [0.3, 0.4) is 0 Å². The summed E-state index contributed by atoms with van der Waals surface area (Å²) in [6.07, 6.45) is 0.977. The van der Waals surface area contributed by atoms with Crippen molar-refractivity contribution in [3.05, 3.63) is 30.0 Å². The van der Waals surface area contributed by atoms with E-state index in [0.29, 0.717) is 30.3 Å². The Kier molecular flexibility index (Phi) is 5.00. The van der Waals surface area contributed by atoms with Crippen molar-refractivity contribution in [3.63, 3.8) is 0 Å². The fraction of sp³-hybridized carbons (Fsp3) is 0.412. The lowest BCUT2D eigenvalue weighted by atomic mass is 10.1. The predicted molar refractivity (Wildman–Crippen MR) is 88.2 cm³/mol. The number of carbonyl (C=O) groups excluding carboxylic acids is 1. The summed E-state index contributed by atoms with van der Waals surface area (Å²) in [5, 5.41) is 9.80. The first-order chi connectivity index (χ1) is 11.6. The highest BCUT2D eigenvalue weighted by atomic mass is 16.7. The van der Waals surface area contributed by atoms with Gasteiger partial charge in [-0.2, -0.15) is 5.10 Å². The largest absolute Gasteiger partial charge is 0.454 e. The van der Waals surface area contributed by atoms with E-state index >= 15 is 0 Å². The van der Waals surface area contributed by atoms with Gasteiger partial charge in [-0.1, -0.05) is 0 Å². The van der Waals surface area contributed by atoms with Crippen LogP contribution in [0, 0.1) is 0 Å². The van der Waals surface area contributed by atoms with Crippen molar-refractivity contribution in [2.75, 3.05) is 19.9 Å². The molecule has 2 N–H and O–H groups in total. The van der Waals surface area contributed by atoms with Gasteiger partial charge in [-0.25, -0.2) is 0 Å². The summed E-state index contributed by atoms with van der Waals surface area (Å²) in [4.78, 5) is 12.1. The molecule has 0 bridgehead atoms. The molecule has 3 rings (SSSR count). The molecule has 2 heterocycles. The van der Waals surface area contributed by atoms with Crippen LogP contribution in [0.2, 0.25) is 0 Å². The van der Waals surface area contributed by atoms with E-state index in [0.717, 1.165) is 17.7 Å². The van der Waals surface area contributed by atoms with Crippen molar-refractivity contribution in [2.45, 2.75) is 26.4 Å². The average Bonchev–Trinajstić information content (AvgIpc) is 3.22. The van der Waals surface area contributed by atoms with Gasteiger partial charge in [-0.05, 0) is 44.5 Å². The molecule has 0 saturated heterocycles. The number of carbonyl (C=O) groups is 1. The van der Waals surface area contributed by atoms with Crippen LogP contribution in [0.25, 0.3) is 11.3 Å². The Bertz CT molecular complexity index is 712. The van der Waals surface area contributed by atoms with Gasteiger partial charge in [-0.3, -0.25) is 9.89 Å². The van der Waals surface area contributed by atoms with Crippen molar-refractivity contribution in [3.8, 4) is 22.8 Å². The summed E-state index contributed by atoms with van der Waals surface area (Å²) in [5.74, 6) is 1.22. The Morgan fingerprint density at radius 2 is 2.17 bits per heavy atom. The van der Waals surface area contributed by atoms with E-state index in [1.807, 2.05) is 32.0 Å². The zero-order valence-corrected chi connectivity index (χ0v) is 13.8. The van der Waals surface area contributed by atoms with E-state index in [9.17, 15) is 4.79 Å². The third kappa shape index (κ3) is 3.86. The highest BCUT2D eigenvalue weighted by Crippen LogP contribution is 2.35. The number of amides is 1. The summed E-state index contributed by atoms with van der Waals surface area (Å²) in [6, 6.07) is 7.29. The number of benzene rings is 1. The van der Waals surface area contributed by atoms with Crippen molar-refractivity contribution in [2.24, 2.45) is 0 Å². The van der Waals surface area contributed by atoms with Crippen LogP contribution in [-0.2, 0) is 4.74 Å². The zero-order chi connectivity index (χ0) is 16.9. The molecule has 0 spiro atoms. The first-order valence-electron chi connectivity index (χ1n) is 7.98. The van der Waals surface area contributed by atoms with Gasteiger partial charge in [0, 0.05) is 18.7 Å². The van der Waals surface area contributed by atoms with Crippen LogP contribution < -0.4 is 14.8 Å². The van der Waals surface area contributed by atoms with Crippen LogP contribution in [-0.4, -0.2) is 42.2 Å². The van der Waals surface area contributed by atoms with Crippen molar-refractivity contribution in [1.82, 2.24) is 15.5 Å². The molecule has 7 heteroatoms. The fourth-order valence-corrected chi connectivity index (χ4v) is 2.33. The fourth-order valence-electron chi connectivity index (χ4n) is 2.33. The molecule has 24 heavy (non-hydrogen) atoms. The zero-order valence-electron chi connectivity index (χ0n) is 13.8. The lowest BCUT2D eigenvalue weighted by Gasteiger charge is -2.07. The molecule has 2 aromatic rings. The van der Waals surface area contributed by atoms with E-state index < -0.39 is 0 Å². The molecule has 0 atom stereocenters. The number of fused-ring (bicyclic) bond motifs is 1. The number of hydrogen-bond acceptors (Lipinski definition) is 5. The highest BCUT2D eigenvalue weighted by Gasteiger charge is 2.16. The molecule has 7 nitrogen and oxygen atoms in total. The molecule has 1 aliphatic heterocycles. The van der Waals surface area contributed by atoms with E-state index in [1.165, 1.54) is 0 Å². The van der Waals surface area contributed by atoms with E-state index in [-0.39, 0.29) is 18.8 Å². The van der Waals surface area contributed by atoms with E-state index in [4.69, 9.17) is 14.2 Å². The van der Waals surface area contributed by atoms with Gasteiger partial charge < -0.3 is 19.5 Å². The number of ether oxygens (including phenoxy) is 3. The summed E-state index contributed by atoms with van der Waals surface area (Å²) in [6.45, 7) is 5.39. The number of nitrogens with zero attached hydrogens (tertiary/aromatic N) is 1. The first-order valence-corrected chi connectivity index (χ1v) is 7.98. The summed E-state index contributed by atoms with van der Waals surface area (Å²) >= 11 is 0. The number of aromatic nitrogens is 2. The van der Waals surface area contributed by atoms with Crippen molar-refractivity contribution < 1.29 is 19.0 Å². The smallest absolute Gasteiger partial charge is 0.269 e. The van der Waals surface area contributed by atoms with Crippen LogP contribution in [0.5, 0.6) is 11.5 Å². The van der Waals surface area contributed by atoms with Crippen LogP contribution >= 0.6 is 0 Å². The maximum absolute atomic E-state index is 12.1. The lowest BCUT2D eigenvalue weighted by Crippen LogP contribution is -2.25. The second-order valence-corrected chi connectivity index (χ2v) is 5.76. The third-order valence-electron chi connectivity index (χ3n) is 3.55. The molecule has 1 amide bonds. The minimum atomic E-state index is -0.181. The molecule has 1 aliphatic rings. The topological polar surface area (TPSA) is 85.5 Å². The Labute approximate surface area is 140 Å². The molecule has 0 aliphatic carbocycles. The Morgan fingerprint density at radius 3 is 3.00 bits per heavy atom. The predicted octanol–water partition coefficient (Wildman–Crippen LogP) is 2.35. The molecule has 0 unspecified atom stereocenters. The number of H-pyrrole nitrogens is 1. The molecule has 0 radical (unpaired) electrons. The Hall–Kier alpha value is -2.54. The summed E-state index contributed by atoms with van der Waals surface area (Å²) in [5.41, 5.74) is 1.97. The van der Waals surface area contributed by atoms with Gasteiger partial charge in [-0.15, -0.1) is 0 Å². The molecular weight excluding hydrogens is 310 g/mol. The molecule has 0 fully saturated rings. The number of aromatic amines is 1. The van der Waals surface area contributed by atoms with Crippen LogP contribution in [0.4, 0.5) is 0 Å². The normalized spacial score (nSPS) is 12.6. The van der Waals surface area contributed by atoms with E-state index in [1.54, 1.807) is 6.07 Å². The standard InChI is InChI=1S/C17H21N3O4/c1-11(2)22-7-3-6-18-17(21)14-9-13(19-20-14)12-4-5-15-16(8-12)24-10-23-15/h4-5,8-9,11H,3,6-7,10H2,1-2H3,(H,18,21)(H,19,20). The molecular formula is C17H21N3O4. The monoisotopic (exact) mass is 331 g/mol. The maximum atomic E-state index is 12.1. The maximum Gasteiger partial charge on any atom is 0.269 e. The first kappa shape index (κ1) is 16.3. The van der Waals surface area contributed by atoms with Crippen LogP contribution in [0.15, 0.2) is 24.3 Å². The SMILES string of the molecule is CC(C)OCCCNC(=O)c1cc(-c2ccc3c(c2)OCO3)n[nH]1. The molecule has 1 aromatic heterocycles. The van der Waals surface area contributed by atoms with Gasteiger partial charge in [0.1, 0.15) is 5.69 Å².